The molecule has 3 heterocycles. The summed E-state index contributed by atoms with van der Waals surface area (Å²) < 4.78 is 8.86. The van der Waals surface area contributed by atoms with E-state index in [0.717, 1.165) is 66.1 Å². The molecule has 232 valence electrons. The zero-order chi connectivity index (χ0) is 32.8. The van der Waals surface area contributed by atoms with Crippen LogP contribution >= 0.6 is 0 Å². The van der Waals surface area contributed by atoms with Crippen molar-refractivity contribution in [2.45, 2.75) is 0 Å². The normalized spacial score (nSPS) is 12.0. The van der Waals surface area contributed by atoms with Gasteiger partial charge >= 0.3 is 0 Å². The molecule has 0 bridgehead atoms. The Hall–Kier alpha value is -6.78. The SMILES string of the molecule is c1ccc2cc3c(cc2c1)c1ccccc1n3-c1ccc(-c2nc(-c3cccc4c3oc3ccccc34)nc3ccccc23)c2ccccc12. The first-order valence-electron chi connectivity index (χ1n) is 16.9. The van der Waals surface area contributed by atoms with Crippen LogP contribution in [-0.4, -0.2) is 14.5 Å². The van der Waals surface area contributed by atoms with Gasteiger partial charge in [0, 0.05) is 37.9 Å². The summed E-state index contributed by atoms with van der Waals surface area (Å²) in [6.45, 7) is 0. The van der Waals surface area contributed by atoms with Crippen LogP contribution in [0.25, 0.3) is 105 Å². The van der Waals surface area contributed by atoms with E-state index in [9.17, 15) is 0 Å². The van der Waals surface area contributed by atoms with Crippen LogP contribution in [0.1, 0.15) is 0 Å². The molecule has 50 heavy (non-hydrogen) atoms. The Morgan fingerprint density at radius 2 is 1.10 bits per heavy atom. The monoisotopic (exact) mass is 637 g/mol. The molecule has 4 nitrogen and oxygen atoms in total. The van der Waals surface area contributed by atoms with Crippen LogP contribution in [-0.2, 0) is 0 Å². The maximum atomic E-state index is 6.44. The summed E-state index contributed by atoms with van der Waals surface area (Å²) in [4.78, 5) is 10.5. The number of aromatic nitrogens is 3. The molecular weight excluding hydrogens is 611 g/mol. The molecule has 0 N–H and O–H groups in total. The lowest BCUT2D eigenvalue weighted by Crippen LogP contribution is -1.99. The zero-order valence-corrected chi connectivity index (χ0v) is 26.8. The van der Waals surface area contributed by atoms with E-state index in [1.54, 1.807) is 0 Å². The van der Waals surface area contributed by atoms with E-state index in [-0.39, 0.29) is 0 Å². The summed E-state index contributed by atoms with van der Waals surface area (Å²) in [6, 6.07) is 57.9. The average Bonchev–Trinajstić information content (AvgIpc) is 3.71. The van der Waals surface area contributed by atoms with Gasteiger partial charge in [-0.1, -0.05) is 121 Å². The molecule has 3 aromatic heterocycles. The Labute approximate surface area is 286 Å². The fourth-order valence-electron chi connectivity index (χ4n) is 7.92. The molecule has 0 aliphatic carbocycles. The van der Waals surface area contributed by atoms with Crippen molar-refractivity contribution in [3.05, 3.63) is 164 Å². The number of hydrogen-bond donors (Lipinski definition) is 0. The Morgan fingerprint density at radius 1 is 0.420 bits per heavy atom. The fourth-order valence-corrected chi connectivity index (χ4v) is 7.92. The van der Waals surface area contributed by atoms with Crippen molar-refractivity contribution in [1.82, 2.24) is 14.5 Å². The minimum atomic E-state index is 0.644. The molecule has 0 saturated carbocycles. The number of furan rings is 1. The second kappa shape index (κ2) is 10.4. The highest BCUT2D eigenvalue weighted by Crippen LogP contribution is 2.41. The van der Waals surface area contributed by atoms with E-state index in [1.807, 2.05) is 24.3 Å². The summed E-state index contributed by atoms with van der Waals surface area (Å²) in [6.07, 6.45) is 0. The van der Waals surface area contributed by atoms with Crippen LogP contribution in [0.3, 0.4) is 0 Å². The van der Waals surface area contributed by atoms with Gasteiger partial charge in [0.1, 0.15) is 11.2 Å². The zero-order valence-electron chi connectivity index (χ0n) is 26.8. The van der Waals surface area contributed by atoms with Gasteiger partial charge in [-0.15, -0.1) is 0 Å². The first-order chi connectivity index (χ1) is 24.8. The van der Waals surface area contributed by atoms with Gasteiger partial charge in [0.15, 0.2) is 5.82 Å². The molecule has 0 aliphatic heterocycles. The number of fused-ring (bicyclic) bond motifs is 9. The predicted octanol–water partition coefficient (Wildman–Crippen LogP) is 12.3. The maximum Gasteiger partial charge on any atom is 0.164 e. The summed E-state index contributed by atoms with van der Waals surface area (Å²) in [5.41, 5.74) is 8.90. The van der Waals surface area contributed by atoms with Crippen LogP contribution in [0.15, 0.2) is 168 Å². The highest BCUT2D eigenvalue weighted by Gasteiger charge is 2.20. The van der Waals surface area contributed by atoms with Gasteiger partial charge in [-0.25, -0.2) is 9.97 Å². The van der Waals surface area contributed by atoms with Crippen LogP contribution in [0.4, 0.5) is 0 Å². The third kappa shape index (κ3) is 3.87. The van der Waals surface area contributed by atoms with E-state index in [4.69, 9.17) is 14.4 Å². The van der Waals surface area contributed by atoms with Gasteiger partial charge in [-0.2, -0.15) is 0 Å². The van der Waals surface area contributed by atoms with Gasteiger partial charge < -0.3 is 8.98 Å². The van der Waals surface area contributed by atoms with Crippen molar-refractivity contribution in [2.75, 3.05) is 0 Å². The van der Waals surface area contributed by atoms with Gasteiger partial charge in [-0.3, -0.25) is 0 Å². The highest BCUT2D eigenvalue weighted by molar-refractivity contribution is 6.16. The average molecular weight is 638 g/mol. The Bertz CT molecular complexity index is 3170. The molecule has 0 radical (unpaired) electrons. The largest absolute Gasteiger partial charge is 0.455 e. The Balaban J connectivity index is 1.19. The summed E-state index contributed by atoms with van der Waals surface area (Å²) in [7, 11) is 0. The second-order valence-electron chi connectivity index (χ2n) is 12.9. The number of rotatable bonds is 3. The Morgan fingerprint density at radius 3 is 1.98 bits per heavy atom. The summed E-state index contributed by atoms with van der Waals surface area (Å²) >= 11 is 0. The lowest BCUT2D eigenvalue weighted by atomic mass is 9.97. The number of benzene rings is 8. The molecule has 11 aromatic rings. The smallest absolute Gasteiger partial charge is 0.164 e. The van der Waals surface area contributed by atoms with Crippen molar-refractivity contribution in [2.24, 2.45) is 0 Å². The van der Waals surface area contributed by atoms with Crippen molar-refractivity contribution < 1.29 is 4.42 Å². The van der Waals surface area contributed by atoms with Gasteiger partial charge in [0.25, 0.3) is 0 Å². The minimum Gasteiger partial charge on any atom is -0.455 e. The molecule has 0 atom stereocenters. The third-order valence-electron chi connectivity index (χ3n) is 10.2. The number of para-hydroxylation sites is 4. The molecule has 0 aliphatic rings. The molecule has 0 fully saturated rings. The summed E-state index contributed by atoms with van der Waals surface area (Å²) in [5.74, 6) is 0.644. The van der Waals surface area contributed by atoms with E-state index < -0.39 is 0 Å². The third-order valence-corrected chi connectivity index (χ3v) is 10.2. The minimum absolute atomic E-state index is 0.644. The van der Waals surface area contributed by atoms with Gasteiger partial charge in [0.05, 0.1) is 33.5 Å². The molecular formula is C46H27N3O. The lowest BCUT2D eigenvalue weighted by Gasteiger charge is -2.16. The first-order valence-corrected chi connectivity index (χ1v) is 16.9. The quantitative estimate of drug-likeness (QED) is 0.194. The molecule has 0 unspecified atom stereocenters. The van der Waals surface area contributed by atoms with Crippen LogP contribution in [0.2, 0.25) is 0 Å². The fraction of sp³-hybridized carbons (Fsp3) is 0. The van der Waals surface area contributed by atoms with Gasteiger partial charge in [0.2, 0.25) is 0 Å². The van der Waals surface area contributed by atoms with Gasteiger partial charge in [-0.05, 0) is 58.6 Å². The van der Waals surface area contributed by atoms with E-state index in [2.05, 4.69) is 144 Å². The van der Waals surface area contributed by atoms with E-state index in [1.165, 1.54) is 32.6 Å². The second-order valence-corrected chi connectivity index (χ2v) is 12.9. The molecule has 4 heteroatoms. The lowest BCUT2D eigenvalue weighted by molar-refractivity contribution is 0.669. The maximum absolute atomic E-state index is 6.44. The molecule has 0 saturated heterocycles. The van der Waals surface area contributed by atoms with Crippen LogP contribution in [0.5, 0.6) is 0 Å². The van der Waals surface area contributed by atoms with Crippen molar-refractivity contribution in [3.8, 4) is 28.3 Å². The first kappa shape index (κ1) is 27.2. The van der Waals surface area contributed by atoms with Crippen molar-refractivity contribution in [3.63, 3.8) is 0 Å². The van der Waals surface area contributed by atoms with Crippen molar-refractivity contribution in [1.29, 1.82) is 0 Å². The molecule has 8 aromatic carbocycles. The molecule has 11 rings (SSSR count). The molecule has 0 amide bonds. The standard InChI is InChI=1S/C46H27N3O/c1-2-13-29-27-42-38(26-28(29)12-1)32-16-6-9-22-40(32)49(42)41-25-24-34(30-14-3-4-15-31(30)41)44-36-18-5-8-21-39(36)47-46(48-44)37-20-11-19-35-33-17-7-10-23-43(33)50-45(35)37/h1-27H. The molecule has 0 spiro atoms. The topological polar surface area (TPSA) is 43.9 Å². The van der Waals surface area contributed by atoms with E-state index >= 15 is 0 Å². The van der Waals surface area contributed by atoms with E-state index in [0.29, 0.717) is 5.82 Å². The number of hydrogen-bond acceptors (Lipinski definition) is 3. The van der Waals surface area contributed by atoms with Crippen LogP contribution in [0, 0.1) is 0 Å². The van der Waals surface area contributed by atoms with Crippen LogP contribution < -0.4 is 0 Å². The predicted molar refractivity (Wildman–Crippen MR) is 207 cm³/mol. The number of nitrogens with zero attached hydrogens (tertiary/aromatic N) is 3. The van der Waals surface area contributed by atoms with Crippen molar-refractivity contribution >= 4 is 76.2 Å². The highest BCUT2D eigenvalue weighted by atomic mass is 16.3. The Kier molecular flexibility index (Phi) is 5.63. The summed E-state index contributed by atoms with van der Waals surface area (Å²) in [5, 5.41) is 10.4.